The van der Waals surface area contributed by atoms with Gasteiger partial charge in [-0.05, 0) is 36.8 Å². The minimum atomic E-state index is -0.367. The van der Waals surface area contributed by atoms with Crippen LogP contribution in [0.15, 0.2) is 46.4 Å². The van der Waals surface area contributed by atoms with E-state index in [1.807, 2.05) is 12.3 Å². The highest BCUT2D eigenvalue weighted by Gasteiger charge is 2.16. The molecule has 1 aliphatic heterocycles. The number of hydrogen-bond acceptors (Lipinski definition) is 7. The number of anilines is 2. The summed E-state index contributed by atoms with van der Waals surface area (Å²) in [6, 6.07) is 8.38. The largest absolute Gasteiger partial charge is 0.459 e. The molecule has 2 amide bonds. The van der Waals surface area contributed by atoms with Gasteiger partial charge in [-0.2, -0.15) is 0 Å². The van der Waals surface area contributed by atoms with Crippen LogP contribution in [0.1, 0.15) is 32.2 Å². The van der Waals surface area contributed by atoms with Gasteiger partial charge in [0, 0.05) is 36.3 Å². The minimum Gasteiger partial charge on any atom is -0.459 e. The molecule has 156 valence electrons. The molecule has 30 heavy (non-hydrogen) atoms. The molecule has 1 aliphatic rings. The molecule has 9 heteroatoms. The Morgan fingerprint density at radius 1 is 1.17 bits per heavy atom. The molecule has 1 saturated heterocycles. The fourth-order valence-corrected chi connectivity index (χ4v) is 3.78. The van der Waals surface area contributed by atoms with Crippen LogP contribution in [0.4, 0.5) is 10.8 Å². The fourth-order valence-electron chi connectivity index (χ4n) is 3.08. The Kier molecular flexibility index (Phi) is 6.22. The number of carbonyl (C=O) groups excluding carboxylic acids is 2. The highest BCUT2D eigenvalue weighted by molar-refractivity contribution is 7.14. The zero-order chi connectivity index (χ0) is 20.9. The number of nitrogens with zero attached hydrogens (tertiary/aromatic N) is 2. The summed E-state index contributed by atoms with van der Waals surface area (Å²) in [6.45, 7) is 5.84. The summed E-state index contributed by atoms with van der Waals surface area (Å²) >= 11 is 1.39. The number of amides is 2. The molecular formula is C21H22N4O4S. The van der Waals surface area contributed by atoms with Crippen LogP contribution in [0.25, 0.3) is 0 Å². The lowest BCUT2D eigenvalue weighted by atomic mass is 10.1. The Morgan fingerprint density at radius 3 is 2.77 bits per heavy atom. The first-order valence-electron chi connectivity index (χ1n) is 9.60. The second-order valence-corrected chi connectivity index (χ2v) is 7.81. The maximum absolute atomic E-state index is 12.7. The van der Waals surface area contributed by atoms with Gasteiger partial charge in [0.25, 0.3) is 11.8 Å². The van der Waals surface area contributed by atoms with E-state index in [9.17, 15) is 9.59 Å². The van der Waals surface area contributed by atoms with Gasteiger partial charge in [-0.3, -0.25) is 19.8 Å². The van der Waals surface area contributed by atoms with Crippen molar-refractivity contribution in [1.82, 2.24) is 9.88 Å². The van der Waals surface area contributed by atoms with Crippen molar-refractivity contribution in [3.8, 4) is 0 Å². The van der Waals surface area contributed by atoms with Crippen LogP contribution in [0.3, 0.4) is 0 Å². The number of nitrogens with one attached hydrogen (secondary N) is 2. The van der Waals surface area contributed by atoms with Gasteiger partial charge in [0.1, 0.15) is 0 Å². The highest BCUT2D eigenvalue weighted by Crippen LogP contribution is 2.21. The molecule has 0 saturated carbocycles. The first kappa shape index (κ1) is 20.3. The van der Waals surface area contributed by atoms with E-state index in [4.69, 9.17) is 9.15 Å². The number of rotatable bonds is 6. The van der Waals surface area contributed by atoms with E-state index in [1.54, 1.807) is 30.3 Å². The van der Waals surface area contributed by atoms with Gasteiger partial charge >= 0.3 is 0 Å². The zero-order valence-electron chi connectivity index (χ0n) is 16.5. The summed E-state index contributed by atoms with van der Waals surface area (Å²) < 4.78 is 10.5. The summed E-state index contributed by atoms with van der Waals surface area (Å²) in [6.07, 6.45) is 1.44. The van der Waals surface area contributed by atoms with E-state index >= 15 is 0 Å². The Labute approximate surface area is 177 Å². The van der Waals surface area contributed by atoms with Gasteiger partial charge < -0.3 is 14.5 Å². The van der Waals surface area contributed by atoms with Crippen LogP contribution in [-0.2, 0) is 11.3 Å². The molecule has 3 heterocycles. The molecule has 0 spiro atoms. The molecule has 8 nitrogen and oxygen atoms in total. The molecule has 4 rings (SSSR count). The van der Waals surface area contributed by atoms with Crippen LogP contribution in [0.2, 0.25) is 0 Å². The lowest BCUT2D eigenvalue weighted by Gasteiger charge is -2.25. The van der Waals surface area contributed by atoms with Crippen molar-refractivity contribution < 1.29 is 18.7 Å². The third kappa shape index (κ3) is 4.93. The minimum absolute atomic E-state index is 0.208. The summed E-state index contributed by atoms with van der Waals surface area (Å²) in [4.78, 5) is 31.7. The number of aromatic nitrogens is 1. The molecule has 0 atom stereocenters. The van der Waals surface area contributed by atoms with Crippen molar-refractivity contribution in [1.29, 1.82) is 0 Å². The quantitative estimate of drug-likeness (QED) is 0.627. The summed E-state index contributed by atoms with van der Waals surface area (Å²) in [5.41, 5.74) is 2.75. The van der Waals surface area contributed by atoms with Gasteiger partial charge in [0.15, 0.2) is 10.9 Å². The van der Waals surface area contributed by atoms with Crippen molar-refractivity contribution >= 4 is 34.0 Å². The van der Waals surface area contributed by atoms with Crippen molar-refractivity contribution in [2.45, 2.75) is 13.5 Å². The molecule has 0 unspecified atom stereocenters. The van der Waals surface area contributed by atoms with Gasteiger partial charge in [0.2, 0.25) is 0 Å². The zero-order valence-corrected chi connectivity index (χ0v) is 17.3. The molecule has 3 aromatic rings. The van der Waals surface area contributed by atoms with Crippen molar-refractivity contribution in [3.63, 3.8) is 0 Å². The number of hydrogen-bond donors (Lipinski definition) is 2. The Morgan fingerprint density at radius 2 is 2.00 bits per heavy atom. The number of morpholine rings is 1. The van der Waals surface area contributed by atoms with E-state index in [-0.39, 0.29) is 17.6 Å². The van der Waals surface area contributed by atoms with E-state index in [0.717, 1.165) is 44.1 Å². The first-order chi connectivity index (χ1) is 14.6. The van der Waals surface area contributed by atoms with E-state index in [1.165, 1.54) is 17.6 Å². The van der Waals surface area contributed by atoms with E-state index < -0.39 is 0 Å². The lowest BCUT2D eigenvalue weighted by molar-refractivity contribution is 0.0337. The summed E-state index contributed by atoms with van der Waals surface area (Å²) in [5.74, 6) is -0.441. The predicted octanol–water partition coefficient (Wildman–Crippen LogP) is 3.38. The number of ether oxygens (including phenoxy) is 1. The molecule has 0 radical (unpaired) electrons. The number of benzene rings is 1. The number of aryl methyl sites for hydroxylation is 1. The molecule has 2 N–H and O–H groups in total. The standard InChI is InChI=1S/C21H22N4O4S/c1-14-4-5-15(11-17(14)23-20(27)18-3-2-8-29-18)19(26)24-21-22-16(13-30-21)12-25-6-9-28-10-7-25/h2-5,8,11,13H,6-7,9-10,12H2,1H3,(H,23,27)(H,22,24,26). The topological polar surface area (TPSA) is 96.7 Å². The van der Waals surface area contributed by atoms with E-state index in [0.29, 0.717) is 16.4 Å². The van der Waals surface area contributed by atoms with Crippen molar-refractivity contribution in [2.24, 2.45) is 0 Å². The monoisotopic (exact) mass is 426 g/mol. The second kappa shape index (κ2) is 9.21. The number of carbonyl (C=O) groups is 2. The average molecular weight is 426 g/mol. The van der Waals surface area contributed by atoms with Crippen molar-refractivity contribution in [2.75, 3.05) is 36.9 Å². The van der Waals surface area contributed by atoms with Gasteiger partial charge in [-0.25, -0.2) is 4.98 Å². The van der Waals surface area contributed by atoms with Crippen LogP contribution < -0.4 is 10.6 Å². The first-order valence-corrected chi connectivity index (χ1v) is 10.5. The molecule has 2 aromatic heterocycles. The van der Waals surface area contributed by atoms with Crippen LogP contribution in [0, 0.1) is 6.92 Å². The van der Waals surface area contributed by atoms with Gasteiger partial charge in [-0.15, -0.1) is 11.3 Å². The fraction of sp³-hybridized carbons (Fsp3) is 0.286. The smallest absolute Gasteiger partial charge is 0.291 e. The van der Waals surface area contributed by atoms with Crippen molar-refractivity contribution in [3.05, 3.63) is 64.6 Å². The lowest BCUT2D eigenvalue weighted by Crippen LogP contribution is -2.35. The molecule has 0 bridgehead atoms. The van der Waals surface area contributed by atoms with Crippen LogP contribution in [0.5, 0.6) is 0 Å². The highest BCUT2D eigenvalue weighted by atomic mass is 32.1. The Hall–Kier alpha value is -3.01. The van der Waals surface area contributed by atoms with Gasteiger partial charge in [-0.1, -0.05) is 6.07 Å². The summed E-state index contributed by atoms with van der Waals surface area (Å²) in [7, 11) is 0. The third-order valence-corrected chi connectivity index (χ3v) is 5.56. The molecule has 1 aromatic carbocycles. The summed E-state index contributed by atoms with van der Waals surface area (Å²) in [5, 5.41) is 8.12. The van der Waals surface area contributed by atoms with E-state index in [2.05, 4.69) is 20.5 Å². The van der Waals surface area contributed by atoms with Crippen LogP contribution in [-0.4, -0.2) is 48.0 Å². The Balaban J connectivity index is 1.40. The number of furan rings is 1. The second-order valence-electron chi connectivity index (χ2n) is 6.95. The molecule has 0 aliphatic carbocycles. The van der Waals surface area contributed by atoms with Crippen LogP contribution >= 0.6 is 11.3 Å². The maximum atomic E-state index is 12.7. The van der Waals surface area contributed by atoms with Gasteiger partial charge in [0.05, 0.1) is 25.2 Å². The SMILES string of the molecule is Cc1ccc(C(=O)Nc2nc(CN3CCOCC3)cs2)cc1NC(=O)c1ccco1. The average Bonchev–Trinajstić information content (AvgIpc) is 3.43. The predicted molar refractivity (Wildman–Crippen MR) is 114 cm³/mol. The molecular weight excluding hydrogens is 404 g/mol. The number of thiazole rings is 1. The molecule has 1 fully saturated rings. The Bertz CT molecular complexity index is 1030. The third-order valence-electron chi connectivity index (χ3n) is 4.75. The maximum Gasteiger partial charge on any atom is 0.291 e. The normalized spacial score (nSPS) is 14.4.